The molecule has 6 heteroatoms. The van der Waals surface area contributed by atoms with Crippen LogP contribution >= 0.6 is 0 Å². The van der Waals surface area contributed by atoms with Crippen molar-refractivity contribution < 1.29 is 9.59 Å². The molecule has 0 bridgehead atoms. The number of nitrogens with zero attached hydrogens (tertiary/aromatic N) is 3. The van der Waals surface area contributed by atoms with E-state index in [1.807, 2.05) is 37.9 Å². The van der Waals surface area contributed by atoms with Crippen LogP contribution in [-0.2, 0) is 16.1 Å². The van der Waals surface area contributed by atoms with E-state index in [1.165, 1.54) is 25.7 Å². The van der Waals surface area contributed by atoms with Gasteiger partial charge < -0.3 is 10.2 Å². The van der Waals surface area contributed by atoms with E-state index >= 15 is 0 Å². The van der Waals surface area contributed by atoms with E-state index in [0.29, 0.717) is 48.5 Å². The first kappa shape index (κ1) is 23.5. The molecule has 3 saturated carbocycles. The summed E-state index contributed by atoms with van der Waals surface area (Å²) in [4.78, 5) is 36.1. The Balaban J connectivity index is 1.26. The molecule has 6 nitrogen and oxygen atoms in total. The van der Waals surface area contributed by atoms with Gasteiger partial charge in [-0.2, -0.15) is 0 Å². The number of fused-ring (bicyclic) bond motifs is 5. The molecular weight excluding hydrogens is 424 g/mol. The predicted molar refractivity (Wildman–Crippen MR) is 132 cm³/mol. The van der Waals surface area contributed by atoms with Gasteiger partial charge in [0.2, 0.25) is 11.8 Å². The van der Waals surface area contributed by atoms with Crippen molar-refractivity contribution in [3.8, 4) is 0 Å². The highest BCUT2D eigenvalue weighted by molar-refractivity contribution is 5.89. The van der Waals surface area contributed by atoms with Crippen molar-refractivity contribution in [2.45, 2.75) is 85.2 Å². The molecule has 0 radical (unpaired) electrons. The van der Waals surface area contributed by atoms with Gasteiger partial charge >= 0.3 is 0 Å². The molecule has 0 aromatic carbocycles. The van der Waals surface area contributed by atoms with Gasteiger partial charge in [0.1, 0.15) is 5.82 Å². The minimum Gasteiger partial charge on any atom is -0.349 e. The van der Waals surface area contributed by atoms with Crippen LogP contribution in [0.25, 0.3) is 0 Å². The molecule has 1 aromatic heterocycles. The minimum absolute atomic E-state index is 0.0777. The fraction of sp³-hybridized carbons (Fsp3) is 0.714. The molecule has 2 amide bonds. The largest absolute Gasteiger partial charge is 0.349 e. The van der Waals surface area contributed by atoms with Crippen molar-refractivity contribution in [3.63, 3.8) is 0 Å². The topological polar surface area (TPSA) is 75.2 Å². The first-order valence-corrected chi connectivity index (χ1v) is 13.2. The molecule has 2 heterocycles. The highest BCUT2D eigenvalue weighted by atomic mass is 16.2. The van der Waals surface area contributed by atoms with E-state index in [1.54, 1.807) is 0 Å². The average molecular weight is 465 g/mol. The van der Waals surface area contributed by atoms with E-state index in [-0.39, 0.29) is 22.6 Å². The van der Waals surface area contributed by atoms with Crippen molar-refractivity contribution in [2.75, 3.05) is 7.05 Å². The number of carbonyl (C=O) groups excluding carboxylic acids is 2. The molecule has 34 heavy (non-hydrogen) atoms. The Bertz CT molecular complexity index is 1000. The molecule has 7 atom stereocenters. The summed E-state index contributed by atoms with van der Waals surface area (Å²) in [6.07, 6.45) is 11.7. The fourth-order valence-electron chi connectivity index (χ4n) is 8.53. The maximum atomic E-state index is 12.9. The van der Waals surface area contributed by atoms with Crippen molar-refractivity contribution in [1.82, 2.24) is 20.2 Å². The van der Waals surface area contributed by atoms with Crippen LogP contribution in [0.4, 0.5) is 0 Å². The molecule has 4 unspecified atom stereocenters. The molecule has 1 aliphatic heterocycles. The quantitative estimate of drug-likeness (QED) is 0.719. The fourth-order valence-corrected chi connectivity index (χ4v) is 8.53. The number of nitrogens with one attached hydrogen (secondary N) is 1. The lowest BCUT2D eigenvalue weighted by Gasteiger charge is -2.60. The first-order valence-electron chi connectivity index (χ1n) is 13.2. The van der Waals surface area contributed by atoms with Gasteiger partial charge in [0.25, 0.3) is 0 Å². The standard InChI is InChI=1S/C28H40N4O2/c1-17-14-18(2)31-24(30-17)16-29-25(33)15-19-6-8-21-20-7-9-23-28(4,13-11-26(34)32(23)5)22(20)10-12-27(19,21)3/h11,13-14,19-23H,6-10,12,15-16H2,1-5H3,(H,29,33)/t19-,20?,21?,22?,23?,27-,28-/m1/s1. The van der Waals surface area contributed by atoms with Crippen molar-refractivity contribution in [1.29, 1.82) is 0 Å². The van der Waals surface area contributed by atoms with Crippen LogP contribution in [0.5, 0.6) is 0 Å². The highest BCUT2D eigenvalue weighted by Crippen LogP contribution is 2.65. The lowest BCUT2D eigenvalue weighted by atomic mass is 9.47. The number of carbonyl (C=O) groups is 2. The monoisotopic (exact) mass is 464 g/mol. The van der Waals surface area contributed by atoms with Crippen molar-refractivity contribution >= 4 is 11.8 Å². The van der Waals surface area contributed by atoms with Crippen molar-refractivity contribution in [2.24, 2.45) is 34.5 Å². The summed E-state index contributed by atoms with van der Waals surface area (Å²) < 4.78 is 0. The normalized spacial score (nSPS) is 38.8. The maximum absolute atomic E-state index is 12.9. The SMILES string of the molecule is Cc1cc(C)nc(CNC(=O)C[C@H]2CCC3C4CCC5N(C)C(=O)C=C[C@]5(C)C4CC[C@@]32C)n1. The Morgan fingerprint density at radius 2 is 1.82 bits per heavy atom. The predicted octanol–water partition coefficient (Wildman–Crippen LogP) is 4.36. The average Bonchev–Trinajstić information content (AvgIpc) is 3.11. The molecule has 3 aliphatic carbocycles. The van der Waals surface area contributed by atoms with E-state index in [9.17, 15) is 9.59 Å². The number of likely N-dealkylation sites (N-methyl/N-ethyl adjacent to an activating group) is 1. The van der Waals surface area contributed by atoms with Crippen LogP contribution in [0, 0.1) is 48.3 Å². The third-order valence-corrected chi connectivity index (χ3v) is 10.2. The Kier molecular flexibility index (Phi) is 5.84. The van der Waals surface area contributed by atoms with Crippen LogP contribution in [0.2, 0.25) is 0 Å². The highest BCUT2D eigenvalue weighted by Gasteiger charge is 2.60. The zero-order valence-corrected chi connectivity index (χ0v) is 21.4. The number of hydrogen-bond acceptors (Lipinski definition) is 4. The number of aromatic nitrogens is 2. The summed E-state index contributed by atoms with van der Waals surface area (Å²) in [7, 11) is 1.98. The number of aryl methyl sites for hydroxylation is 2. The van der Waals surface area contributed by atoms with Crippen LogP contribution in [0.1, 0.15) is 76.0 Å². The second-order valence-electron chi connectivity index (χ2n) is 12.0. The van der Waals surface area contributed by atoms with Gasteiger partial charge in [-0.25, -0.2) is 9.97 Å². The summed E-state index contributed by atoms with van der Waals surface area (Å²) in [6, 6.07) is 2.28. The molecule has 0 spiro atoms. The van der Waals surface area contributed by atoms with E-state index in [2.05, 4.69) is 35.2 Å². The molecule has 0 saturated heterocycles. The van der Waals surface area contributed by atoms with Crippen LogP contribution in [0.3, 0.4) is 0 Å². The third-order valence-electron chi connectivity index (χ3n) is 10.2. The lowest BCUT2D eigenvalue weighted by Crippen LogP contribution is -2.59. The Morgan fingerprint density at radius 3 is 2.56 bits per heavy atom. The van der Waals surface area contributed by atoms with Gasteiger partial charge in [0.05, 0.1) is 6.54 Å². The van der Waals surface area contributed by atoms with Gasteiger partial charge in [-0.3, -0.25) is 9.59 Å². The summed E-state index contributed by atoms with van der Waals surface area (Å²) in [5, 5.41) is 3.09. The smallest absolute Gasteiger partial charge is 0.246 e. The van der Waals surface area contributed by atoms with E-state index in [4.69, 9.17) is 0 Å². The maximum Gasteiger partial charge on any atom is 0.246 e. The van der Waals surface area contributed by atoms with Crippen LogP contribution < -0.4 is 5.32 Å². The molecule has 4 aliphatic rings. The zero-order chi connectivity index (χ0) is 24.3. The second-order valence-corrected chi connectivity index (χ2v) is 12.0. The zero-order valence-electron chi connectivity index (χ0n) is 21.4. The molecule has 184 valence electrons. The number of hydrogen-bond donors (Lipinski definition) is 1. The van der Waals surface area contributed by atoms with Gasteiger partial charge in [0.15, 0.2) is 0 Å². The lowest BCUT2D eigenvalue weighted by molar-refractivity contribution is -0.139. The van der Waals surface area contributed by atoms with E-state index in [0.717, 1.165) is 24.2 Å². The molecular formula is C28H40N4O2. The Labute approximate surface area is 204 Å². The van der Waals surface area contributed by atoms with E-state index < -0.39 is 0 Å². The molecule has 5 rings (SSSR count). The third kappa shape index (κ3) is 3.77. The first-order chi connectivity index (χ1) is 16.1. The summed E-state index contributed by atoms with van der Waals surface area (Å²) in [6.45, 7) is 9.18. The summed E-state index contributed by atoms with van der Waals surface area (Å²) in [5.41, 5.74) is 2.19. The van der Waals surface area contributed by atoms with Gasteiger partial charge in [0, 0.05) is 36.3 Å². The van der Waals surface area contributed by atoms with Gasteiger partial charge in [-0.05, 0) is 93.6 Å². The minimum atomic E-state index is 0.0777. The molecule has 1 N–H and O–H groups in total. The van der Waals surface area contributed by atoms with Crippen LogP contribution in [0.15, 0.2) is 18.2 Å². The van der Waals surface area contributed by atoms with Crippen LogP contribution in [-0.4, -0.2) is 39.8 Å². The van der Waals surface area contributed by atoms with Gasteiger partial charge in [-0.1, -0.05) is 19.9 Å². The number of rotatable bonds is 4. The second kappa shape index (κ2) is 8.46. The number of amides is 2. The Hall–Kier alpha value is -2.24. The Morgan fingerprint density at radius 1 is 1.09 bits per heavy atom. The molecule has 1 aromatic rings. The van der Waals surface area contributed by atoms with Gasteiger partial charge in [-0.15, -0.1) is 0 Å². The molecule has 3 fully saturated rings. The summed E-state index contributed by atoms with van der Waals surface area (Å²) >= 11 is 0. The summed E-state index contributed by atoms with van der Waals surface area (Å²) in [5.74, 6) is 3.42. The van der Waals surface area contributed by atoms with Crippen molar-refractivity contribution in [3.05, 3.63) is 35.4 Å².